The van der Waals surface area contributed by atoms with E-state index in [1.54, 1.807) is 0 Å². The normalized spacial score (nSPS) is 28.9. The molecule has 3 amide bonds. The molecule has 14 nitrogen and oxygen atoms in total. The van der Waals surface area contributed by atoms with Crippen LogP contribution in [0.25, 0.3) is 0 Å². The van der Waals surface area contributed by atoms with E-state index in [1.807, 2.05) is 11.8 Å². The number of thioether (sulfide) groups is 1. The molecule has 3 saturated heterocycles. The summed E-state index contributed by atoms with van der Waals surface area (Å²) in [6, 6.07) is 0.467. The largest absolute Gasteiger partial charge is 0.474 e. The van der Waals surface area contributed by atoms with E-state index in [9.17, 15) is 39.5 Å². The van der Waals surface area contributed by atoms with Crippen LogP contribution in [0, 0.1) is 11.8 Å². The number of aliphatic hydroxyl groups is 4. The molecule has 0 bridgehead atoms. The van der Waals surface area contributed by atoms with Gasteiger partial charge < -0.3 is 46.0 Å². The highest BCUT2D eigenvalue weighted by atomic mass is 32.2. The average molecular weight is 810 g/mol. The Morgan fingerprint density at radius 2 is 1.46 bits per heavy atom. The molecule has 0 saturated carbocycles. The lowest BCUT2D eigenvalue weighted by atomic mass is 9.93. The summed E-state index contributed by atoms with van der Waals surface area (Å²) >= 11 is 1.93. The summed E-state index contributed by atoms with van der Waals surface area (Å²) in [5.41, 5.74) is 0. The quantitative estimate of drug-likeness (QED) is 0.0265. The molecule has 6 unspecified atom stereocenters. The summed E-state index contributed by atoms with van der Waals surface area (Å²) in [7, 11) is -4.60. The number of urea groups is 1. The third kappa shape index (κ3) is 18.1. The van der Waals surface area contributed by atoms with Crippen molar-refractivity contribution in [3.05, 3.63) is 0 Å². The van der Waals surface area contributed by atoms with Crippen LogP contribution >= 0.6 is 19.6 Å². The highest BCUT2D eigenvalue weighted by Gasteiger charge is 2.47. The van der Waals surface area contributed by atoms with E-state index < -0.39 is 45.1 Å². The van der Waals surface area contributed by atoms with Crippen LogP contribution in [0.4, 0.5) is 4.79 Å². The third-order valence-corrected chi connectivity index (χ3v) is 13.6. The van der Waals surface area contributed by atoms with E-state index in [2.05, 4.69) is 29.8 Å². The lowest BCUT2D eigenvalue weighted by Crippen LogP contribution is -2.58. The molecule has 3 fully saturated rings. The van der Waals surface area contributed by atoms with Gasteiger partial charge in [-0.2, -0.15) is 11.8 Å². The van der Waals surface area contributed by atoms with Crippen molar-refractivity contribution in [2.45, 2.75) is 190 Å². The monoisotopic (exact) mass is 809 g/mol. The number of unbranched alkanes of at least 4 members (excludes halogenated alkanes) is 11. The van der Waals surface area contributed by atoms with Gasteiger partial charge in [-0.3, -0.25) is 13.8 Å². The molecule has 0 radical (unpaired) electrons. The summed E-state index contributed by atoms with van der Waals surface area (Å²) in [4.78, 5) is 33.7. The number of phosphoric ester groups is 1. The molecule has 3 rings (SSSR count). The second-order valence-electron chi connectivity index (χ2n) is 15.9. The molecular weight excluding hydrogens is 737 g/mol. The van der Waals surface area contributed by atoms with Gasteiger partial charge in [0.15, 0.2) is 6.29 Å². The van der Waals surface area contributed by atoms with Crippen LogP contribution < -0.4 is 16.0 Å². The van der Waals surface area contributed by atoms with Crippen molar-refractivity contribution in [3.63, 3.8) is 0 Å². The van der Waals surface area contributed by atoms with Gasteiger partial charge in [0.25, 0.3) is 0 Å². The molecular formula is C38H72N3O11PS. The molecule has 0 aromatic carbocycles. The summed E-state index contributed by atoms with van der Waals surface area (Å²) in [5.74, 6) is 2.10. The topological polar surface area (TPSA) is 216 Å². The van der Waals surface area contributed by atoms with E-state index in [0.29, 0.717) is 24.0 Å². The molecule has 0 spiro atoms. The van der Waals surface area contributed by atoms with Crippen molar-refractivity contribution in [2.75, 3.05) is 25.5 Å². The average Bonchev–Trinajstić information content (AvgIpc) is 3.69. The van der Waals surface area contributed by atoms with Crippen molar-refractivity contribution < 1.29 is 53.3 Å². The third-order valence-electron chi connectivity index (χ3n) is 11.1. The zero-order chi connectivity index (χ0) is 39.3. The van der Waals surface area contributed by atoms with Gasteiger partial charge in [-0.25, -0.2) is 9.36 Å². The number of hydrogen-bond donors (Lipinski definition) is 8. The molecule has 0 aliphatic carbocycles. The van der Waals surface area contributed by atoms with Gasteiger partial charge in [0, 0.05) is 24.0 Å². The number of amides is 3. The molecule has 316 valence electrons. The van der Waals surface area contributed by atoms with Crippen molar-refractivity contribution in [2.24, 2.45) is 11.8 Å². The molecule has 54 heavy (non-hydrogen) atoms. The van der Waals surface area contributed by atoms with Crippen LogP contribution in [0.15, 0.2) is 0 Å². The molecule has 3 heterocycles. The minimum Gasteiger partial charge on any atom is -0.394 e. The van der Waals surface area contributed by atoms with Gasteiger partial charge >= 0.3 is 13.9 Å². The Kier molecular flexibility index (Phi) is 22.9. The van der Waals surface area contributed by atoms with Crippen LogP contribution in [0.3, 0.4) is 0 Å². The van der Waals surface area contributed by atoms with E-state index in [-0.39, 0.29) is 36.5 Å². The fourth-order valence-electron chi connectivity index (χ4n) is 7.59. The first-order chi connectivity index (χ1) is 25.9. The van der Waals surface area contributed by atoms with Crippen LogP contribution in [0.2, 0.25) is 0 Å². The van der Waals surface area contributed by atoms with Crippen LogP contribution in [0.5, 0.6) is 0 Å². The molecule has 3 aliphatic rings. The van der Waals surface area contributed by atoms with Crippen molar-refractivity contribution >= 4 is 31.5 Å². The summed E-state index contributed by atoms with van der Waals surface area (Å²) in [5, 5.41) is 48.5. The number of carbonyl (C=O) groups is 2. The lowest BCUT2D eigenvalue weighted by molar-refractivity contribution is -0.281. The molecule has 11 atom stereocenters. The number of aliphatic hydroxyl groups excluding tert-OH is 4. The summed E-state index contributed by atoms with van der Waals surface area (Å²) < 4.78 is 27.4. The van der Waals surface area contributed by atoms with Gasteiger partial charge in [0.2, 0.25) is 5.91 Å². The molecule has 0 aromatic heterocycles. The Hall–Kier alpha value is -1.00. The van der Waals surface area contributed by atoms with Gasteiger partial charge in [-0.1, -0.05) is 110 Å². The zero-order valence-electron chi connectivity index (χ0n) is 32.8. The first kappa shape index (κ1) is 47.4. The maximum absolute atomic E-state index is 12.3. The van der Waals surface area contributed by atoms with E-state index >= 15 is 0 Å². The fraction of sp³-hybridized carbons (Fsp3) is 0.947. The van der Waals surface area contributed by atoms with Crippen LogP contribution in [-0.4, -0.2) is 111 Å². The second-order valence-corrected chi connectivity index (χ2v) is 18.6. The standard InChI is InChI=1S/C38H72N3O11PS/c1-27(18-16-19-28(2)22-24-50-53(48,49)52-37-36(46)35(45)34(44)30(25-42)51-37)17-12-10-8-6-4-3-5-7-9-11-15-23-39-32(43)21-14-13-20-31-33-29(26-54-31)40-38(47)41-33/h27-31,33-37,42,44-46H,3-26H2,1-2H3,(H,39,43)(H,48,49)(H2,40,41,47)/t27?,28?,29?,30-,31?,33?,34-,35+,36+,37+/m1/s1. The van der Waals surface area contributed by atoms with Crippen molar-refractivity contribution in [1.29, 1.82) is 0 Å². The zero-order valence-corrected chi connectivity index (χ0v) is 34.5. The Bertz CT molecular complexity index is 1110. The highest BCUT2D eigenvalue weighted by Crippen LogP contribution is 2.46. The van der Waals surface area contributed by atoms with Crippen LogP contribution in [0.1, 0.15) is 142 Å². The molecule has 0 aromatic rings. The Morgan fingerprint density at radius 3 is 2.13 bits per heavy atom. The first-order valence-corrected chi connectivity index (χ1v) is 23.4. The van der Waals surface area contributed by atoms with E-state index in [4.69, 9.17) is 13.8 Å². The number of rotatable bonds is 30. The van der Waals surface area contributed by atoms with E-state index in [0.717, 1.165) is 57.2 Å². The Labute approximate surface area is 327 Å². The summed E-state index contributed by atoms with van der Waals surface area (Å²) in [6.07, 6.45) is 14.4. The van der Waals surface area contributed by atoms with Gasteiger partial charge in [-0.15, -0.1) is 0 Å². The minimum atomic E-state index is -4.60. The number of nitrogens with one attached hydrogen (secondary N) is 3. The van der Waals surface area contributed by atoms with Gasteiger partial charge in [0.05, 0.1) is 25.3 Å². The molecule has 16 heteroatoms. The van der Waals surface area contributed by atoms with Gasteiger partial charge in [0.1, 0.15) is 24.4 Å². The van der Waals surface area contributed by atoms with Crippen molar-refractivity contribution in [3.8, 4) is 0 Å². The predicted octanol–water partition coefficient (Wildman–Crippen LogP) is 5.28. The summed E-state index contributed by atoms with van der Waals surface area (Å²) in [6.45, 7) is 4.47. The SMILES string of the molecule is CC(CCCCCCCCCCCCCNC(=O)CCCCC1SCC2NC(=O)NC21)CCCC(C)CCOP(=O)(O)O[C@@H]1O[C@H](CO)[C@@H](O)[C@H](O)[C@@H]1O. The number of carbonyl (C=O) groups excluding carboxylic acids is 2. The lowest BCUT2D eigenvalue weighted by Gasteiger charge is -2.39. The van der Waals surface area contributed by atoms with Crippen molar-refractivity contribution in [1.82, 2.24) is 16.0 Å². The smallest absolute Gasteiger partial charge is 0.394 e. The molecule has 3 aliphatic heterocycles. The number of phosphoric acid groups is 1. The molecule has 8 N–H and O–H groups in total. The Balaban J connectivity index is 1.03. The highest BCUT2D eigenvalue weighted by molar-refractivity contribution is 8.00. The maximum atomic E-state index is 12.3. The maximum Gasteiger partial charge on any atom is 0.474 e. The van der Waals surface area contributed by atoms with Gasteiger partial charge in [-0.05, 0) is 37.5 Å². The second kappa shape index (κ2) is 26.1. The number of ether oxygens (including phenoxy) is 1. The van der Waals surface area contributed by atoms with Crippen LogP contribution in [-0.2, 0) is 23.1 Å². The predicted molar refractivity (Wildman–Crippen MR) is 210 cm³/mol. The van der Waals surface area contributed by atoms with E-state index in [1.165, 1.54) is 70.6 Å². The Morgan fingerprint density at radius 1 is 0.852 bits per heavy atom. The minimum absolute atomic E-state index is 0.0191. The first-order valence-electron chi connectivity index (χ1n) is 20.8. The number of fused-ring (bicyclic) bond motifs is 1. The fourth-order valence-corrected chi connectivity index (χ4v) is 9.97. The number of hydrogen-bond acceptors (Lipinski definition) is 11.